The third kappa shape index (κ3) is 4.02. The molecule has 3 heteroatoms. The molecule has 0 unspecified atom stereocenters. The van der Waals surface area contributed by atoms with Crippen LogP contribution in [0, 0.1) is 0 Å². The molecule has 124 valence electrons. The Hall–Kier alpha value is -1.06. The summed E-state index contributed by atoms with van der Waals surface area (Å²) in [6, 6.07) is 4.36. The highest BCUT2D eigenvalue weighted by molar-refractivity contribution is 5.48. The summed E-state index contributed by atoms with van der Waals surface area (Å²) in [6.07, 6.45) is 0. The van der Waals surface area contributed by atoms with E-state index in [1.54, 1.807) is 0 Å². The lowest BCUT2D eigenvalue weighted by Crippen LogP contribution is -2.35. The molecule has 3 nitrogen and oxygen atoms in total. The first-order valence-electron chi connectivity index (χ1n) is 8.26. The molecule has 1 heterocycles. The van der Waals surface area contributed by atoms with Gasteiger partial charge in [-0.25, -0.2) is 0 Å². The quantitative estimate of drug-likeness (QED) is 0.901. The molecule has 2 rings (SSSR count). The molecule has 1 aliphatic rings. The van der Waals surface area contributed by atoms with Gasteiger partial charge in [0.2, 0.25) is 0 Å². The van der Waals surface area contributed by atoms with Crippen molar-refractivity contribution in [3.63, 3.8) is 0 Å². The Bertz CT molecular complexity index is 517. The summed E-state index contributed by atoms with van der Waals surface area (Å²) in [7, 11) is 0. The molecule has 0 bridgehead atoms. The molecule has 1 aliphatic heterocycles. The van der Waals surface area contributed by atoms with Crippen LogP contribution in [0.4, 0.5) is 0 Å². The number of phenols is 1. The molecular weight excluding hydrogens is 274 g/mol. The molecule has 0 amide bonds. The summed E-state index contributed by atoms with van der Waals surface area (Å²) < 4.78 is 5.42. The number of rotatable bonds is 2. The van der Waals surface area contributed by atoms with E-state index in [-0.39, 0.29) is 10.8 Å². The van der Waals surface area contributed by atoms with Crippen molar-refractivity contribution in [2.75, 3.05) is 26.3 Å². The van der Waals surface area contributed by atoms with Gasteiger partial charge in [-0.2, -0.15) is 0 Å². The van der Waals surface area contributed by atoms with Crippen molar-refractivity contribution < 1.29 is 9.84 Å². The van der Waals surface area contributed by atoms with Crippen molar-refractivity contribution in [1.29, 1.82) is 0 Å². The van der Waals surface area contributed by atoms with Crippen LogP contribution in [0.15, 0.2) is 12.1 Å². The van der Waals surface area contributed by atoms with Crippen LogP contribution in [0.2, 0.25) is 0 Å². The van der Waals surface area contributed by atoms with Gasteiger partial charge < -0.3 is 9.84 Å². The molecular formula is C19H31NO2. The standard InChI is InChI=1S/C19H31NO2/c1-18(2,3)15-11-14(13-20-7-9-22-10-8-20)17(21)16(12-15)19(4,5)6/h11-12,21H,7-10,13H2,1-6H3. The van der Waals surface area contributed by atoms with E-state index < -0.39 is 0 Å². The summed E-state index contributed by atoms with van der Waals surface area (Å²) >= 11 is 0. The fourth-order valence-electron chi connectivity index (χ4n) is 2.82. The van der Waals surface area contributed by atoms with E-state index in [1.165, 1.54) is 5.56 Å². The Kier molecular flexibility index (Phi) is 4.88. The first kappa shape index (κ1) is 17.3. The van der Waals surface area contributed by atoms with E-state index in [2.05, 4.69) is 58.6 Å². The molecule has 1 N–H and O–H groups in total. The largest absolute Gasteiger partial charge is 0.507 e. The van der Waals surface area contributed by atoms with Gasteiger partial charge >= 0.3 is 0 Å². The molecule has 0 radical (unpaired) electrons. The normalized spacial score (nSPS) is 17.7. The van der Waals surface area contributed by atoms with Gasteiger partial charge in [-0.05, 0) is 22.0 Å². The Morgan fingerprint density at radius 3 is 2.09 bits per heavy atom. The highest BCUT2D eigenvalue weighted by Gasteiger charge is 2.25. The van der Waals surface area contributed by atoms with Gasteiger partial charge in [0.15, 0.2) is 0 Å². The van der Waals surface area contributed by atoms with Crippen LogP contribution < -0.4 is 0 Å². The van der Waals surface area contributed by atoms with Gasteiger partial charge in [-0.3, -0.25) is 4.90 Å². The first-order chi connectivity index (χ1) is 10.1. The minimum Gasteiger partial charge on any atom is -0.507 e. The van der Waals surface area contributed by atoms with Crippen molar-refractivity contribution in [2.24, 2.45) is 0 Å². The molecule has 1 aromatic carbocycles. The van der Waals surface area contributed by atoms with Crippen LogP contribution in [0.1, 0.15) is 58.2 Å². The third-order valence-corrected chi connectivity index (χ3v) is 4.36. The number of hydrogen-bond donors (Lipinski definition) is 1. The Balaban J connectivity index is 2.42. The molecule has 1 saturated heterocycles. The SMILES string of the molecule is CC(C)(C)c1cc(CN2CCOCC2)c(O)c(C(C)(C)C)c1. The van der Waals surface area contributed by atoms with Crippen LogP contribution >= 0.6 is 0 Å². The molecule has 0 aliphatic carbocycles. The van der Waals surface area contributed by atoms with Gasteiger partial charge in [0.05, 0.1) is 13.2 Å². The third-order valence-electron chi connectivity index (χ3n) is 4.36. The maximum absolute atomic E-state index is 10.8. The number of aromatic hydroxyl groups is 1. The zero-order chi connectivity index (χ0) is 16.5. The number of morpholine rings is 1. The average Bonchev–Trinajstić information content (AvgIpc) is 2.39. The number of hydrogen-bond acceptors (Lipinski definition) is 3. The summed E-state index contributed by atoms with van der Waals surface area (Å²) in [5.41, 5.74) is 3.39. The predicted molar refractivity (Wildman–Crippen MR) is 91.6 cm³/mol. The lowest BCUT2D eigenvalue weighted by atomic mass is 9.79. The molecule has 0 aromatic heterocycles. The van der Waals surface area contributed by atoms with Crippen LogP contribution in [0.25, 0.3) is 0 Å². The Morgan fingerprint density at radius 1 is 1.00 bits per heavy atom. The zero-order valence-corrected chi connectivity index (χ0v) is 15.0. The Labute approximate surface area is 135 Å². The fraction of sp³-hybridized carbons (Fsp3) is 0.684. The average molecular weight is 305 g/mol. The molecule has 22 heavy (non-hydrogen) atoms. The van der Waals surface area contributed by atoms with Crippen molar-refractivity contribution in [3.8, 4) is 5.75 Å². The Morgan fingerprint density at radius 2 is 1.59 bits per heavy atom. The predicted octanol–water partition coefficient (Wildman–Crippen LogP) is 3.82. The second-order valence-corrected chi connectivity index (χ2v) is 8.42. The van der Waals surface area contributed by atoms with E-state index in [9.17, 15) is 5.11 Å². The molecule has 0 atom stereocenters. The summed E-state index contributed by atoms with van der Waals surface area (Å²) in [6.45, 7) is 17.4. The second-order valence-electron chi connectivity index (χ2n) is 8.42. The lowest BCUT2D eigenvalue weighted by molar-refractivity contribution is 0.0338. The topological polar surface area (TPSA) is 32.7 Å². The van der Waals surface area contributed by atoms with Gasteiger partial charge in [-0.15, -0.1) is 0 Å². The maximum atomic E-state index is 10.8. The van der Waals surface area contributed by atoms with Crippen molar-refractivity contribution >= 4 is 0 Å². The van der Waals surface area contributed by atoms with Crippen LogP contribution in [-0.2, 0) is 22.1 Å². The van der Waals surface area contributed by atoms with E-state index in [1.807, 2.05) is 0 Å². The second kappa shape index (κ2) is 6.21. The van der Waals surface area contributed by atoms with Crippen molar-refractivity contribution in [1.82, 2.24) is 4.90 Å². The van der Waals surface area contributed by atoms with Crippen LogP contribution in [0.3, 0.4) is 0 Å². The van der Waals surface area contributed by atoms with Gasteiger partial charge in [0, 0.05) is 25.2 Å². The lowest BCUT2D eigenvalue weighted by Gasteiger charge is -2.30. The van der Waals surface area contributed by atoms with Crippen LogP contribution in [-0.4, -0.2) is 36.3 Å². The minimum absolute atomic E-state index is 0.0644. The molecule has 1 fully saturated rings. The monoisotopic (exact) mass is 305 g/mol. The maximum Gasteiger partial charge on any atom is 0.123 e. The van der Waals surface area contributed by atoms with Crippen molar-refractivity contribution in [3.05, 3.63) is 28.8 Å². The van der Waals surface area contributed by atoms with Gasteiger partial charge in [0.1, 0.15) is 5.75 Å². The number of nitrogens with zero attached hydrogens (tertiary/aromatic N) is 1. The minimum atomic E-state index is -0.0644. The smallest absolute Gasteiger partial charge is 0.123 e. The number of phenolic OH excluding ortho intramolecular Hbond substituents is 1. The summed E-state index contributed by atoms with van der Waals surface area (Å²) in [5.74, 6) is 0.465. The van der Waals surface area contributed by atoms with E-state index >= 15 is 0 Å². The highest BCUT2D eigenvalue weighted by Crippen LogP contribution is 2.38. The van der Waals surface area contributed by atoms with E-state index in [0.717, 1.165) is 44.0 Å². The van der Waals surface area contributed by atoms with Crippen molar-refractivity contribution in [2.45, 2.75) is 58.9 Å². The first-order valence-corrected chi connectivity index (χ1v) is 8.26. The molecule has 1 aromatic rings. The number of benzene rings is 1. The van der Waals surface area contributed by atoms with Crippen LogP contribution in [0.5, 0.6) is 5.75 Å². The summed E-state index contributed by atoms with van der Waals surface area (Å²) in [4.78, 5) is 2.36. The summed E-state index contributed by atoms with van der Waals surface area (Å²) in [5, 5.41) is 10.8. The fourth-order valence-corrected chi connectivity index (χ4v) is 2.82. The molecule has 0 spiro atoms. The zero-order valence-electron chi connectivity index (χ0n) is 15.0. The van der Waals surface area contributed by atoms with Gasteiger partial charge in [0.25, 0.3) is 0 Å². The highest BCUT2D eigenvalue weighted by atomic mass is 16.5. The van der Waals surface area contributed by atoms with Gasteiger partial charge in [-0.1, -0.05) is 53.7 Å². The van der Waals surface area contributed by atoms with E-state index in [4.69, 9.17) is 4.74 Å². The van der Waals surface area contributed by atoms with E-state index in [0.29, 0.717) is 5.75 Å². The molecule has 0 saturated carbocycles. The number of ether oxygens (including phenoxy) is 1.